The van der Waals surface area contributed by atoms with Gasteiger partial charge in [-0.25, -0.2) is 0 Å². The van der Waals surface area contributed by atoms with Crippen molar-refractivity contribution in [3.63, 3.8) is 0 Å². The van der Waals surface area contributed by atoms with E-state index in [1.807, 2.05) is 19.2 Å². The Balaban J connectivity index is 2.43. The summed E-state index contributed by atoms with van der Waals surface area (Å²) in [6.45, 7) is 2.92. The second-order valence-corrected chi connectivity index (χ2v) is 4.39. The highest BCUT2D eigenvalue weighted by atomic mass is 35.5. The number of nitrogens with zero attached hydrogens (tertiary/aromatic N) is 1. The van der Waals surface area contributed by atoms with Gasteiger partial charge in [0.25, 0.3) is 0 Å². The lowest BCUT2D eigenvalue weighted by Gasteiger charge is -2.16. The number of phenolic OH excluding ortho intramolecular Hbond substituents is 1. The van der Waals surface area contributed by atoms with Gasteiger partial charge in [-0.1, -0.05) is 17.7 Å². The van der Waals surface area contributed by atoms with Crippen molar-refractivity contribution in [2.45, 2.75) is 13.0 Å². The van der Waals surface area contributed by atoms with Crippen LogP contribution in [0.4, 0.5) is 0 Å². The summed E-state index contributed by atoms with van der Waals surface area (Å²) in [5.74, 6) is 0.142. The standard InChI is InChI=1S/C12H19ClN2O/c1-14-6-3-7-15(2)9-10-4-5-12(16)11(13)8-10/h4-5,8,14,16H,3,6-7,9H2,1-2H3. The van der Waals surface area contributed by atoms with Crippen LogP contribution in [-0.4, -0.2) is 37.2 Å². The summed E-state index contributed by atoms with van der Waals surface area (Å²) in [6.07, 6.45) is 1.12. The Hall–Kier alpha value is -0.770. The first-order valence-electron chi connectivity index (χ1n) is 5.44. The van der Waals surface area contributed by atoms with Crippen LogP contribution >= 0.6 is 11.6 Å². The van der Waals surface area contributed by atoms with Crippen molar-refractivity contribution in [3.8, 4) is 5.75 Å². The topological polar surface area (TPSA) is 35.5 Å². The Morgan fingerprint density at radius 3 is 2.81 bits per heavy atom. The van der Waals surface area contributed by atoms with Crippen molar-refractivity contribution in [1.29, 1.82) is 0 Å². The zero-order valence-corrected chi connectivity index (χ0v) is 10.6. The molecule has 0 radical (unpaired) electrons. The fourth-order valence-electron chi connectivity index (χ4n) is 1.57. The van der Waals surface area contributed by atoms with Gasteiger partial charge in [0.05, 0.1) is 5.02 Å². The van der Waals surface area contributed by atoms with Crippen LogP contribution in [-0.2, 0) is 6.54 Å². The van der Waals surface area contributed by atoms with Gasteiger partial charge in [0.15, 0.2) is 0 Å². The fourth-order valence-corrected chi connectivity index (χ4v) is 1.77. The van der Waals surface area contributed by atoms with Gasteiger partial charge in [-0.3, -0.25) is 0 Å². The van der Waals surface area contributed by atoms with Crippen LogP contribution in [0.5, 0.6) is 5.75 Å². The zero-order chi connectivity index (χ0) is 12.0. The lowest BCUT2D eigenvalue weighted by molar-refractivity contribution is 0.321. The zero-order valence-electron chi connectivity index (χ0n) is 9.83. The average molecular weight is 243 g/mol. The molecule has 0 heterocycles. The van der Waals surface area contributed by atoms with Crippen molar-refractivity contribution in [2.75, 3.05) is 27.2 Å². The third-order valence-electron chi connectivity index (χ3n) is 2.43. The van der Waals surface area contributed by atoms with Crippen molar-refractivity contribution in [3.05, 3.63) is 28.8 Å². The van der Waals surface area contributed by atoms with E-state index in [0.717, 1.165) is 31.6 Å². The average Bonchev–Trinajstić information content (AvgIpc) is 2.24. The summed E-state index contributed by atoms with van der Waals surface area (Å²) in [5, 5.41) is 12.8. The van der Waals surface area contributed by atoms with E-state index in [2.05, 4.69) is 17.3 Å². The quantitative estimate of drug-likeness (QED) is 0.750. The van der Waals surface area contributed by atoms with Crippen LogP contribution in [0.2, 0.25) is 5.02 Å². The molecule has 0 saturated heterocycles. The molecule has 4 heteroatoms. The minimum absolute atomic E-state index is 0.142. The maximum atomic E-state index is 9.30. The molecule has 1 rings (SSSR count). The summed E-state index contributed by atoms with van der Waals surface area (Å²) < 4.78 is 0. The molecular formula is C12H19ClN2O. The van der Waals surface area contributed by atoms with Crippen LogP contribution in [0.1, 0.15) is 12.0 Å². The van der Waals surface area contributed by atoms with Gasteiger partial charge in [0.2, 0.25) is 0 Å². The molecular weight excluding hydrogens is 224 g/mol. The Bertz CT molecular complexity index is 331. The lowest BCUT2D eigenvalue weighted by Crippen LogP contribution is -2.22. The largest absolute Gasteiger partial charge is 0.506 e. The molecule has 2 N–H and O–H groups in total. The molecule has 0 aromatic heterocycles. The molecule has 0 atom stereocenters. The highest BCUT2D eigenvalue weighted by Gasteiger charge is 2.03. The van der Waals surface area contributed by atoms with E-state index in [0.29, 0.717) is 5.02 Å². The fraction of sp³-hybridized carbons (Fsp3) is 0.500. The van der Waals surface area contributed by atoms with E-state index in [4.69, 9.17) is 11.6 Å². The highest BCUT2D eigenvalue weighted by molar-refractivity contribution is 6.32. The molecule has 16 heavy (non-hydrogen) atoms. The van der Waals surface area contributed by atoms with Crippen molar-refractivity contribution in [2.24, 2.45) is 0 Å². The Morgan fingerprint density at radius 2 is 2.19 bits per heavy atom. The number of benzene rings is 1. The van der Waals surface area contributed by atoms with Crippen molar-refractivity contribution >= 4 is 11.6 Å². The first-order chi connectivity index (χ1) is 7.63. The number of nitrogens with one attached hydrogen (secondary N) is 1. The number of phenols is 1. The molecule has 0 unspecified atom stereocenters. The van der Waals surface area contributed by atoms with Crippen molar-refractivity contribution in [1.82, 2.24) is 10.2 Å². The number of hydrogen-bond acceptors (Lipinski definition) is 3. The lowest BCUT2D eigenvalue weighted by atomic mass is 10.2. The Labute approximate surface area is 102 Å². The maximum absolute atomic E-state index is 9.30. The van der Waals surface area contributed by atoms with Gasteiger partial charge >= 0.3 is 0 Å². The summed E-state index contributed by atoms with van der Waals surface area (Å²) in [6, 6.07) is 5.35. The van der Waals surface area contributed by atoms with E-state index < -0.39 is 0 Å². The van der Waals surface area contributed by atoms with Crippen LogP contribution in [0.15, 0.2) is 18.2 Å². The van der Waals surface area contributed by atoms with Gasteiger partial charge in [0, 0.05) is 6.54 Å². The van der Waals surface area contributed by atoms with E-state index in [9.17, 15) is 5.11 Å². The van der Waals surface area contributed by atoms with Gasteiger partial charge in [0.1, 0.15) is 5.75 Å². The van der Waals surface area contributed by atoms with Crippen molar-refractivity contribution < 1.29 is 5.11 Å². The summed E-state index contributed by atoms with van der Waals surface area (Å²) >= 11 is 5.85. The molecule has 1 aromatic carbocycles. The number of hydrogen-bond donors (Lipinski definition) is 2. The summed E-state index contributed by atoms with van der Waals surface area (Å²) in [4.78, 5) is 2.24. The molecule has 0 aliphatic heterocycles. The molecule has 90 valence electrons. The molecule has 0 spiro atoms. The molecule has 0 saturated carbocycles. The van der Waals surface area contributed by atoms with Crippen LogP contribution < -0.4 is 5.32 Å². The molecule has 1 aromatic rings. The van der Waals surface area contributed by atoms with Crippen LogP contribution in [0.25, 0.3) is 0 Å². The molecule has 0 aliphatic rings. The second-order valence-electron chi connectivity index (χ2n) is 3.98. The first kappa shape index (κ1) is 13.3. The number of rotatable bonds is 6. The normalized spacial score (nSPS) is 11.0. The Kier molecular flexibility index (Phi) is 5.60. The molecule has 0 aliphatic carbocycles. The number of halogens is 1. The molecule has 0 fully saturated rings. The predicted octanol–water partition coefficient (Wildman–Crippen LogP) is 2.09. The third-order valence-corrected chi connectivity index (χ3v) is 2.73. The van der Waals surface area contributed by atoms with Gasteiger partial charge < -0.3 is 15.3 Å². The minimum Gasteiger partial charge on any atom is -0.506 e. The first-order valence-corrected chi connectivity index (χ1v) is 5.82. The summed E-state index contributed by atoms with van der Waals surface area (Å²) in [5.41, 5.74) is 1.12. The van der Waals surface area contributed by atoms with Gasteiger partial charge in [-0.15, -0.1) is 0 Å². The van der Waals surface area contributed by atoms with E-state index in [1.165, 1.54) is 0 Å². The van der Waals surface area contributed by atoms with Crippen LogP contribution in [0.3, 0.4) is 0 Å². The summed E-state index contributed by atoms with van der Waals surface area (Å²) in [7, 11) is 4.04. The minimum atomic E-state index is 0.142. The van der Waals surface area contributed by atoms with Gasteiger partial charge in [-0.2, -0.15) is 0 Å². The number of aromatic hydroxyl groups is 1. The van der Waals surface area contributed by atoms with E-state index in [1.54, 1.807) is 6.07 Å². The molecule has 3 nitrogen and oxygen atoms in total. The van der Waals surface area contributed by atoms with E-state index >= 15 is 0 Å². The van der Waals surface area contributed by atoms with Crippen LogP contribution in [0, 0.1) is 0 Å². The Morgan fingerprint density at radius 1 is 1.44 bits per heavy atom. The molecule has 0 amide bonds. The second kappa shape index (κ2) is 6.74. The monoisotopic (exact) mass is 242 g/mol. The van der Waals surface area contributed by atoms with E-state index in [-0.39, 0.29) is 5.75 Å². The SMILES string of the molecule is CNCCCN(C)Cc1ccc(O)c(Cl)c1. The maximum Gasteiger partial charge on any atom is 0.134 e. The van der Waals surface area contributed by atoms with Gasteiger partial charge in [-0.05, 0) is 51.3 Å². The smallest absolute Gasteiger partial charge is 0.134 e. The predicted molar refractivity (Wildman–Crippen MR) is 68.0 cm³/mol. The molecule has 0 bridgehead atoms. The third kappa shape index (κ3) is 4.39. The highest BCUT2D eigenvalue weighted by Crippen LogP contribution is 2.24.